The van der Waals surface area contributed by atoms with Crippen LogP contribution in [0.2, 0.25) is 0 Å². The van der Waals surface area contributed by atoms with Gasteiger partial charge in [-0.3, -0.25) is 8.97 Å². The lowest BCUT2D eigenvalue weighted by Crippen LogP contribution is -2.24. The summed E-state index contributed by atoms with van der Waals surface area (Å²) in [5.41, 5.74) is 7.65. The lowest BCUT2D eigenvalue weighted by atomic mass is 9.76. The second-order valence-corrected chi connectivity index (χ2v) is 13.8. The van der Waals surface area contributed by atoms with Crippen LogP contribution < -0.4 is 4.74 Å². The fourth-order valence-corrected chi connectivity index (χ4v) is 9.01. The number of imidazole rings is 1. The molecule has 0 saturated heterocycles. The molecular weight excluding hydrogens is 597 g/mol. The number of benzene rings is 5. The van der Waals surface area contributed by atoms with Crippen molar-refractivity contribution in [3.63, 3.8) is 0 Å². The van der Waals surface area contributed by atoms with E-state index in [4.69, 9.17) is 14.7 Å². The highest BCUT2D eigenvalue weighted by atomic mass is 32.2. The Balaban J connectivity index is 1.12. The lowest BCUT2D eigenvalue weighted by Gasteiger charge is -2.35. The number of fused-ring (bicyclic) bond motifs is 12. The highest BCUT2D eigenvalue weighted by Gasteiger charge is 2.36. The number of rotatable bonds is 3. The first-order valence-corrected chi connectivity index (χ1v) is 16.6. The van der Waals surface area contributed by atoms with Gasteiger partial charge in [0.15, 0.2) is 0 Å². The number of hydrogen-bond donors (Lipinski definition) is 0. The maximum Gasteiger partial charge on any atom is 0.145 e. The molecule has 1 aliphatic heterocycles. The molecule has 0 atom stereocenters. The van der Waals surface area contributed by atoms with Crippen LogP contribution in [-0.2, 0) is 5.41 Å². The zero-order valence-corrected chi connectivity index (χ0v) is 26.6. The van der Waals surface area contributed by atoms with Crippen molar-refractivity contribution in [3.8, 4) is 17.2 Å². The van der Waals surface area contributed by atoms with Gasteiger partial charge in [-0.2, -0.15) is 0 Å². The van der Waals surface area contributed by atoms with Gasteiger partial charge in [0, 0.05) is 61.4 Å². The SMILES string of the molecule is CC1(C)c2ccccc2Sc2cnc3c(c21)c1ccccc1n3-c1cccc(Oc2ccc3c4ccccc4n4ccnc4c3c2)c1. The number of nitrogens with zero attached hydrogens (tertiary/aromatic N) is 4. The predicted octanol–water partition coefficient (Wildman–Crippen LogP) is 10.7. The van der Waals surface area contributed by atoms with E-state index in [0.29, 0.717) is 0 Å². The molecule has 10 rings (SSSR count). The Morgan fingerprint density at radius 3 is 2.34 bits per heavy atom. The maximum atomic E-state index is 6.58. The summed E-state index contributed by atoms with van der Waals surface area (Å²) in [4.78, 5) is 12.4. The highest BCUT2D eigenvalue weighted by Crippen LogP contribution is 2.52. The minimum atomic E-state index is -0.181. The third-order valence-corrected chi connectivity index (χ3v) is 10.8. The molecule has 9 aromatic rings. The van der Waals surface area contributed by atoms with Crippen LogP contribution in [0, 0.1) is 0 Å². The fourth-order valence-electron chi connectivity index (χ4n) is 7.62. The van der Waals surface area contributed by atoms with Crippen molar-refractivity contribution in [2.75, 3.05) is 0 Å². The minimum absolute atomic E-state index is 0.181. The summed E-state index contributed by atoms with van der Waals surface area (Å²) in [7, 11) is 0. The Morgan fingerprint density at radius 1 is 0.638 bits per heavy atom. The molecule has 0 spiro atoms. The van der Waals surface area contributed by atoms with Crippen molar-refractivity contribution in [3.05, 3.63) is 145 Å². The van der Waals surface area contributed by atoms with Gasteiger partial charge in [0.25, 0.3) is 0 Å². The summed E-state index contributed by atoms with van der Waals surface area (Å²) in [5.74, 6) is 1.53. The van der Waals surface area contributed by atoms with Gasteiger partial charge in [-0.15, -0.1) is 0 Å². The average molecular weight is 625 g/mol. The van der Waals surface area contributed by atoms with Crippen LogP contribution in [-0.4, -0.2) is 18.9 Å². The standard InChI is InChI=1S/C41H28N4OS/c1-41(2)32-14-5-8-17-35(32)47-36-24-43-40-37(38(36)41)30-13-4-7-16-34(30)45(40)25-10-9-11-26(22-25)46-27-18-19-28-29-12-3-6-15-33(29)44-21-20-42-39(44)31(28)23-27/h3-24H,1-2H3. The van der Waals surface area contributed by atoms with E-state index in [1.54, 1.807) is 0 Å². The molecule has 0 unspecified atom stereocenters. The lowest BCUT2D eigenvalue weighted by molar-refractivity contribution is 0.483. The number of hydrogen-bond acceptors (Lipinski definition) is 4. The van der Waals surface area contributed by atoms with E-state index in [1.165, 1.54) is 37.1 Å². The molecule has 0 amide bonds. The molecule has 224 valence electrons. The second-order valence-electron chi connectivity index (χ2n) is 12.7. The van der Waals surface area contributed by atoms with Gasteiger partial charge in [0.2, 0.25) is 0 Å². The molecule has 0 aliphatic carbocycles. The van der Waals surface area contributed by atoms with E-state index < -0.39 is 0 Å². The molecule has 0 saturated carbocycles. The Labute approximate surface area is 275 Å². The molecule has 5 nitrogen and oxygen atoms in total. The quantitative estimate of drug-likeness (QED) is 0.184. The Morgan fingerprint density at radius 2 is 1.43 bits per heavy atom. The van der Waals surface area contributed by atoms with Gasteiger partial charge in [-0.25, -0.2) is 9.97 Å². The summed E-state index contributed by atoms with van der Waals surface area (Å²) in [6, 6.07) is 40.5. The third kappa shape index (κ3) is 3.79. The maximum absolute atomic E-state index is 6.58. The van der Waals surface area contributed by atoms with Gasteiger partial charge in [0.1, 0.15) is 22.8 Å². The normalized spacial score (nSPS) is 13.8. The van der Waals surface area contributed by atoms with Crippen molar-refractivity contribution in [2.45, 2.75) is 29.1 Å². The van der Waals surface area contributed by atoms with Crippen molar-refractivity contribution in [1.82, 2.24) is 18.9 Å². The van der Waals surface area contributed by atoms with Crippen LogP contribution in [0.5, 0.6) is 11.5 Å². The molecule has 0 N–H and O–H groups in total. The van der Waals surface area contributed by atoms with Crippen molar-refractivity contribution >= 4 is 61.0 Å². The minimum Gasteiger partial charge on any atom is -0.457 e. The van der Waals surface area contributed by atoms with Crippen LogP contribution in [0.4, 0.5) is 0 Å². The van der Waals surface area contributed by atoms with Crippen LogP contribution in [0.25, 0.3) is 54.9 Å². The molecule has 5 aromatic carbocycles. The summed E-state index contributed by atoms with van der Waals surface area (Å²) in [6.45, 7) is 4.68. The van der Waals surface area contributed by atoms with E-state index in [2.05, 4.69) is 132 Å². The smallest absolute Gasteiger partial charge is 0.145 e. The topological polar surface area (TPSA) is 44.4 Å². The molecule has 1 aliphatic rings. The van der Waals surface area contributed by atoms with E-state index in [9.17, 15) is 0 Å². The molecular formula is C41H28N4OS. The first kappa shape index (κ1) is 26.6. The number of aromatic nitrogens is 4. The average Bonchev–Trinajstić information content (AvgIpc) is 3.72. The van der Waals surface area contributed by atoms with Gasteiger partial charge < -0.3 is 4.74 Å². The predicted molar refractivity (Wildman–Crippen MR) is 192 cm³/mol. The van der Waals surface area contributed by atoms with Crippen LogP contribution >= 0.6 is 11.8 Å². The van der Waals surface area contributed by atoms with E-state index in [0.717, 1.165) is 50.3 Å². The highest BCUT2D eigenvalue weighted by molar-refractivity contribution is 7.99. The number of ether oxygens (including phenoxy) is 1. The summed E-state index contributed by atoms with van der Waals surface area (Å²) in [5, 5.41) is 5.82. The van der Waals surface area contributed by atoms with Crippen molar-refractivity contribution in [1.29, 1.82) is 0 Å². The van der Waals surface area contributed by atoms with Crippen molar-refractivity contribution < 1.29 is 4.74 Å². The largest absolute Gasteiger partial charge is 0.457 e. The Kier molecular flexibility index (Phi) is 5.50. The van der Waals surface area contributed by atoms with Crippen molar-refractivity contribution in [2.24, 2.45) is 0 Å². The summed E-state index contributed by atoms with van der Waals surface area (Å²) >= 11 is 1.82. The van der Waals surface area contributed by atoms with Crippen LogP contribution in [0.3, 0.4) is 0 Å². The Hall–Kier alpha value is -5.59. The Bertz CT molecular complexity index is 2740. The first-order chi connectivity index (χ1) is 23.1. The molecule has 6 heteroatoms. The molecule has 0 bridgehead atoms. The molecule has 0 fully saturated rings. The van der Waals surface area contributed by atoms with Gasteiger partial charge in [-0.05, 0) is 65.0 Å². The van der Waals surface area contributed by atoms with Gasteiger partial charge >= 0.3 is 0 Å². The summed E-state index contributed by atoms with van der Waals surface area (Å²) < 4.78 is 11.0. The van der Waals surface area contributed by atoms with E-state index in [1.807, 2.05) is 36.3 Å². The zero-order chi connectivity index (χ0) is 31.3. The zero-order valence-electron chi connectivity index (χ0n) is 25.8. The van der Waals surface area contributed by atoms with E-state index in [-0.39, 0.29) is 5.41 Å². The third-order valence-electron chi connectivity index (χ3n) is 9.69. The number of pyridine rings is 2. The molecule has 4 aromatic heterocycles. The van der Waals surface area contributed by atoms with Gasteiger partial charge in [0.05, 0.1) is 16.7 Å². The first-order valence-electron chi connectivity index (χ1n) is 15.8. The van der Waals surface area contributed by atoms with Crippen LogP contribution in [0.15, 0.2) is 144 Å². The summed E-state index contributed by atoms with van der Waals surface area (Å²) in [6.07, 6.45) is 5.93. The monoisotopic (exact) mass is 624 g/mol. The molecule has 0 radical (unpaired) electrons. The van der Waals surface area contributed by atoms with Gasteiger partial charge in [-0.1, -0.05) is 86.3 Å². The van der Waals surface area contributed by atoms with Crippen LogP contribution in [0.1, 0.15) is 25.0 Å². The molecule has 47 heavy (non-hydrogen) atoms. The molecule has 5 heterocycles. The second kappa shape index (κ2) is 9.71. The fraction of sp³-hybridized carbons (Fsp3) is 0.0732. The van der Waals surface area contributed by atoms with E-state index >= 15 is 0 Å². The number of para-hydroxylation sites is 2.